The van der Waals surface area contributed by atoms with Gasteiger partial charge in [0.25, 0.3) is 0 Å². The van der Waals surface area contributed by atoms with E-state index in [0.29, 0.717) is 0 Å². The van der Waals surface area contributed by atoms with Crippen LogP contribution in [0.5, 0.6) is 0 Å². The van der Waals surface area contributed by atoms with Crippen LogP contribution < -0.4 is 51.4 Å². The Balaban J connectivity index is -0.000000180. The van der Waals surface area contributed by atoms with Crippen LogP contribution in [-0.4, -0.2) is 22.0 Å². The summed E-state index contributed by atoms with van der Waals surface area (Å²) in [6.45, 7) is 0. The number of ether oxygens (including phenoxy) is 1. The zero-order chi connectivity index (χ0) is 5.70. The van der Waals surface area contributed by atoms with Gasteiger partial charge in [-0.3, -0.25) is 0 Å². The molecule has 0 fully saturated rings. The predicted octanol–water partition coefficient (Wildman–Crippen LogP) is -3.55. The SMILES string of the molecule is N#COC(=O)C[SeH].[H-].[K+]. The Labute approximate surface area is 99.5 Å². The molecule has 0 aliphatic carbocycles. The molecule has 0 spiro atoms. The molecule has 0 aromatic heterocycles. The topological polar surface area (TPSA) is 50.1 Å². The van der Waals surface area contributed by atoms with Gasteiger partial charge in [0.2, 0.25) is 0 Å². The van der Waals surface area contributed by atoms with E-state index in [1.54, 1.807) is 0 Å². The van der Waals surface area contributed by atoms with Gasteiger partial charge in [-0.1, -0.05) is 0 Å². The third-order valence-electron chi connectivity index (χ3n) is 0.289. The number of hydrogen-bond donors (Lipinski definition) is 0. The van der Waals surface area contributed by atoms with E-state index >= 15 is 0 Å². The van der Waals surface area contributed by atoms with Gasteiger partial charge in [-0.15, -0.1) is 0 Å². The average molecular weight is 204 g/mol. The van der Waals surface area contributed by atoms with Crippen molar-refractivity contribution in [1.29, 1.82) is 5.26 Å². The zero-order valence-electron chi connectivity index (χ0n) is 5.42. The summed E-state index contributed by atoms with van der Waals surface area (Å²) in [4.78, 5) is 9.95. The van der Waals surface area contributed by atoms with Gasteiger partial charge in [0.1, 0.15) is 0 Å². The van der Waals surface area contributed by atoms with E-state index in [0.717, 1.165) is 0 Å². The fourth-order valence-corrected chi connectivity index (χ4v) is 0.219. The number of rotatable bonds is 1. The normalized spacial score (nSPS) is 6.00. The number of carbonyl (C=O) groups is 1. The molecule has 0 aliphatic rings. The molecule has 0 aliphatic heterocycles. The Morgan fingerprint density at radius 1 is 2.00 bits per heavy atom. The molecule has 0 saturated carbocycles. The molecule has 40 valence electrons. The second-order valence-corrected chi connectivity index (χ2v) is 1.39. The number of hydrogen-bond acceptors (Lipinski definition) is 3. The molecule has 0 saturated heterocycles. The minimum Gasteiger partial charge on any atom is -1.00 e. The van der Waals surface area contributed by atoms with E-state index in [9.17, 15) is 4.79 Å². The number of nitrogens with zero attached hydrogens (tertiary/aromatic N) is 1. The van der Waals surface area contributed by atoms with E-state index in [2.05, 4.69) is 4.74 Å². The van der Waals surface area contributed by atoms with E-state index < -0.39 is 5.97 Å². The van der Waals surface area contributed by atoms with Crippen LogP contribution >= 0.6 is 0 Å². The Morgan fingerprint density at radius 2 is 2.50 bits per heavy atom. The number of nitriles is 1. The van der Waals surface area contributed by atoms with Crippen molar-refractivity contribution >= 4 is 22.0 Å². The summed E-state index contributed by atoms with van der Waals surface area (Å²) >= 11 is 2.01. The van der Waals surface area contributed by atoms with Crippen LogP contribution in [0, 0.1) is 11.5 Å². The molecule has 0 heterocycles. The molecule has 8 heavy (non-hydrogen) atoms. The predicted molar refractivity (Wildman–Crippen MR) is 24.8 cm³/mol. The van der Waals surface area contributed by atoms with Gasteiger partial charge in [-0.05, 0) is 0 Å². The van der Waals surface area contributed by atoms with Crippen LogP contribution in [0.15, 0.2) is 0 Å². The standard InChI is InChI=1S/C3H3NO2Se.K.H/c4-2-6-3(5)1-7;;/h7H,1H2;;/q;+1;-1. The average Bonchev–Trinajstić information content (AvgIpc) is 1.68. The monoisotopic (exact) mass is 205 g/mol. The summed E-state index contributed by atoms with van der Waals surface area (Å²) in [6, 6.07) is 0. The smallest absolute Gasteiger partial charge is 1.00 e. The first-order chi connectivity index (χ1) is 3.31. The van der Waals surface area contributed by atoms with Crippen LogP contribution in [0.4, 0.5) is 0 Å². The first-order valence-electron chi connectivity index (χ1n) is 1.51. The van der Waals surface area contributed by atoms with Gasteiger partial charge in [0.05, 0.1) is 0 Å². The maximum atomic E-state index is 9.95. The van der Waals surface area contributed by atoms with E-state index in [1.165, 1.54) is 6.26 Å². The van der Waals surface area contributed by atoms with Crippen LogP contribution in [0.3, 0.4) is 0 Å². The molecule has 0 aromatic rings. The number of carbonyl (C=O) groups excluding carboxylic acids is 1. The Morgan fingerprint density at radius 3 is 2.62 bits per heavy atom. The van der Waals surface area contributed by atoms with Crippen molar-refractivity contribution in [3.63, 3.8) is 0 Å². The van der Waals surface area contributed by atoms with E-state index in [-0.39, 0.29) is 58.1 Å². The van der Waals surface area contributed by atoms with Gasteiger partial charge < -0.3 is 1.43 Å². The second-order valence-electron chi connectivity index (χ2n) is 0.723. The number of esters is 1. The van der Waals surface area contributed by atoms with Crippen LogP contribution in [0.1, 0.15) is 1.43 Å². The molecule has 0 atom stereocenters. The fraction of sp³-hybridized carbons (Fsp3) is 0.333. The molecule has 0 rings (SSSR count). The Kier molecular flexibility index (Phi) is 12.0. The summed E-state index contributed by atoms with van der Waals surface area (Å²) in [5, 5.41) is 7.86. The van der Waals surface area contributed by atoms with Gasteiger partial charge in [-0.25, -0.2) is 0 Å². The van der Waals surface area contributed by atoms with Gasteiger partial charge in [-0.2, -0.15) is 0 Å². The molecule has 0 amide bonds. The van der Waals surface area contributed by atoms with E-state index in [4.69, 9.17) is 5.26 Å². The zero-order valence-corrected chi connectivity index (χ0v) is 9.42. The third kappa shape index (κ3) is 7.12. The van der Waals surface area contributed by atoms with Gasteiger partial charge in [0.15, 0.2) is 0 Å². The van der Waals surface area contributed by atoms with E-state index in [1.807, 2.05) is 16.0 Å². The third-order valence-corrected chi connectivity index (χ3v) is 0.830. The van der Waals surface area contributed by atoms with Gasteiger partial charge >= 0.3 is 99.7 Å². The molecule has 0 unspecified atom stereocenters. The molecule has 0 aromatic carbocycles. The van der Waals surface area contributed by atoms with Crippen LogP contribution in [-0.2, 0) is 9.53 Å². The molecule has 0 N–H and O–H groups in total. The first kappa shape index (κ1) is 11.9. The van der Waals surface area contributed by atoms with Crippen LogP contribution in [0.2, 0.25) is 5.32 Å². The van der Waals surface area contributed by atoms with Crippen molar-refractivity contribution in [3.05, 3.63) is 0 Å². The molecule has 0 bridgehead atoms. The summed E-state index contributed by atoms with van der Waals surface area (Å²) in [7, 11) is 0. The van der Waals surface area contributed by atoms with Crippen LogP contribution in [0.25, 0.3) is 0 Å². The molecule has 3 nitrogen and oxygen atoms in total. The fourth-order valence-electron chi connectivity index (χ4n) is 0.0832. The first-order valence-corrected chi connectivity index (χ1v) is 2.83. The van der Waals surface area contributed by atoms with Crippen molar-refractivity contribution < 1.29 is 62.3 Å². The van der Waals surface area contributed by atoms with Crippen molar-refractivity contribution in [2.75, 3.05) is 0 Å². The second kappa shape index (κ2) is 8.12. The Hall–Kier alpha value is 1.12. The van der Waals surface area contributed by atoms with Gasteiger partial charge in [0, 0.05) is 0 Å². The van der Waals surface area contributed by atoms with Crippen molar-refractivity contribution in [1.82, 2.24) is 0 Å². The Bertz CT molecular complexity index is 115. The van der Waals surface area contributed by atoms with Crippen molar-refractivity contribution in [2.45, 2.75) is 5.32 Å². The minimum atomic E-state index is -0.512. The largest absolute Gasteiger partial charge is 1.00 e. The minimum absolute atomic E-state index is 0. The maximum absolute atomic E-state index is 9.95. The summed E-state index contributed by atoms with van der Waals surface area (Å²) in [5.74, 6) is -0.512. The molecular weight excluding hydrogens is 200 g/mol. The quantitative estimate of drug-likeness (QED) is 0.252. The summed E-state index contributed by atoms with van der Waals surface area (Å²) in [6.07, 6.45) is 1.26. The summed E-state index contributed by atoms with van der Waals surface area (Å²) < 4.78 is 3.84. The van der Waals surface area contributed by atoms with Crippen molar-refractivity contribution in [2.24, 2.45) is 0 Å². The molecule has 0 radical (unpaired) electrons. The van der Waals surface area contributed by atoms with Crippen molar-refractivity contribution in [3.8, 4) is 6.26 Å². The molecule has 5 heteroatoms. The summed E-state index contributed by atoms with van der Waals surface area (Å²) in [5.41, 5.74) is 0. The maximum Gasteiger partial charge on any atom is 1.00 e. The molecular formula is C3H4KNO2Se.